The highest BCUT2D eigenvalue weighted by Crippen LogP contribution is 2.21. The van der Waals surface area contributed by atoms with Crippen LogP contribution in [0.15, 0.2) is 36.4 Å². The molecule has 1 unspecified atom stereocenters. The van der Waals surface area contributed by atoms with Crippen LogP contribution in [0, 0.1) is 12.7 Å². The van der Waals surface area contributed by atoms with Crippen LogP contribution < -0.4 is 10.1 Å². The summed E-state index contributed by atoms with van der Waals surface area (Å²) in [5, 5.41) is 3.25. The molecule has 0 aliphatic rings. The van der Waals surface area contributed by atoms with Crippen LogP contribution in [0.4, 0.5) is 10.2 Å². The van der Waals surface area contributed by atoms with E-state index >= 15 is 0 Å². The van der Waals surface area contributed by atoms with Gasteiger partial charge in [-0.05, 0) is 44.0 Å². The van der Waals surface area contributed by atoms with Crippen LogP contribution >= 0.6 is 0 Å². The first-order chi connectivity index (χ1) is 9.60. The van der Waals surface area contributed by atoms with Crippen molar-refractivity contribution in [2.24, 2.45) is 0 Å². The molecule has 1 N–H and O–H groups in total. The van der Waals surface area contributed by atoms with Gasteiger partial charge < -0.3 is 10.1 Å². The van der Waals surface area contributed by atoms with Gasteiger partial charge in [-0.15, -0.1) is 0 Å². The third-order valence-electron chi connectivity index (χ3n) is 3.08. The third kappa shape index (κ3) is 3.47. The maximum absolute atomic E-state index is 13.6. The van der Waals surface area contributed by atoms with Gasteiger partial charge in [0.2, 0.25) is 5.88 Å². The van der Waals surface area contributed by atoms with Crippen molar-refractivity contribution in [1.82, 2.24) is 4.98 Å². The zero-order valence-corrected chi connectivity index (χ0v) is 12.0. The number of hydrogen-bond donors (Lipinski definition) is 1. The Hall–Kier alpha value is -2.10. The van der Waals surface area contributed by atoms with E-state index in [-0.39, 0.29) is 11.9 Å². The molecule has 2 aromatic rings. The lowest BCUT2D eigenvalue weighted by Crippen LogP contribution is -2.09. The highest BCUT2D eigenvalue weighted by atomic mass is 19.1. The Balaban J connectivity index is 2.12. The van der Waals surface area contributed by atoms with Gasteiger partial charge in [0, 0.05) is 6.07 Å². The molecule has 0 spiro atoms. The molecule has 0 radical (unpaired) electrons. The summed E-state index contributed by atoms with van der Waals surface area (Å²) in [6, 6.07) is 10.8. The summed E-state index contributed by atoms with van der Waals surface area (Å²) in [5.41, 5.74) is 1.54. The molecule has 2 rings (SSSR count). The predicted molar refractivity (Wildman–Crippen MR) is 78.6 cm³/mol. The number of nitrogens with zero attached hydrogens (tertiary/aromatic N) is 1. The normalized spacial score (nSPS) is 12.0. The van der Waals surface area contributed by atoms with Gasteiger partial charge in [-0.1, -0.05) is 18.2 Å². The van der Waals surface area contributed by atoms with E-state index in [4.69, 9.17) is 4.74 Å². The van der Waals surface area contributed by atoms with Gasteiger partial charge >= 0.3 is 0 Å². The molecule has 0 aliphatic carbocycles. The number of rotatable bonds is 5. The number of anilines is 1. The van der Waals surface area contributed by atoms with Crippen molar-refractivity contribution in [3.63, 3.8) is 0 Å². The van der Waals surface area contributed by atoms with E-state index in [1.54, 1.807) is 19.1 Å². The summed E-state index contributed by atoms with van der Waals surface area (Å²) in [4.78, 5) is 4.34. The van der Waals surface area contributed by atoms with Gasteiger partial charge in [-0.25, -0.2) is 4.39 Å². The van der Waals surface area contributed by atoms with Gasteiger partial charge in [-0.3, -0.25) is 0 Å². The zero-order valence-electron chi connectivity index (χ0n) is 12.0. The molecule has 0 fully saturated rings. The van der Waals surface area contributed by atoms with Gasteiger partial charge in [-0.2, -0.15) is 4.98 Å². The molecule has 1 atom stereocenters. The summed E-state index contributed by atoms with van der Waals surface area (Å²) < 4.78 is 18.9. The average molecular weight is 274 g/mol. The summed E-state index contributed by atoms with van der Waals surface area (Å²) in [7, 11) is 0. The highest BCUT2D eigenvalue weighted by Gasteiger charge is 2.08. The second-order valence-corrected chi connectivity index (χ2v) is 4.67. The van der Waals surface area contributed by atoms with Crippen LogP contribution in [0.1, 0.15) is 31.0 Å². The first-order valence-corrected chi connectivity index (χ1v) is 6.72. The van der Waals surface area contributed by atoms with Crippen LogP contribution in [-0.2, 0) is 0 Å². The van der Waals surface area contributed by atoms with Crippen LogP contribution in [0.2, 0.25) is 0 Å². The van der Waals surface area contributed by atoms with E-state index in [9.17, 15) is 4.39 Å². The zero-order chi connectivity index (χ0) is 14.5. The molecule has 0 saturated carbocycles. The van der Waals surface area contributed by atoms with Crippen molar-refractivity contribution < 1.29 is 9.13 Å². The van der Waals surface area contributed by atoms with Crippen molar-refractivity contribution in [1.29, 1.82) is 0 Å². The van der Waals surface area contributed by atoms with Crippen LogP contribution in [0.5, 0.6) is 5.88 Å². The molecular weight excluding hydrogens is 255 g/mol. The van der Waals surface area contributed by atoms with Crippen LogP contribution in [0.3, 0.4) is 0 Å². The summed E-state index contributed by atoms with van der Waals surface area (Å²) in [6.07, 6.45) is 0. The molecule has 3 nitrogen and oxygen atoms in total. The molecule has 1 aromatic heterocycles. The van der Waals surface area contributed by atoms with Gasteiger partial charge in [0.1, 0.15) is 11.6 Å². The summed E-state index contributed by atoms with van der Waals surface area (Å²) in [6.45, 7) is 6.22. The Kier molecular flexibility index (Phi) is 4.56. The largest absolute Gasteiger partial charge is 0.478 e. The molecule has 0 amide bonds. The van der Waals surface area contributed by atoms with E-state index in [1.807, 2.05) is 38.1 Å². The number of ether oxygens (including phenoxy) is 1. The Labute approximate surface area is 118 Å². The highest BCUT2D eigenvalue weighted by molar-refractivity contribution is 5.40. The van der Waals surface area contributed by atoms with E-state index in [0.717, 1.165) is 5.56 Å². The number of pyridine rings is 1. The fourth-order valence-electron chi connectivity index (χ4n) is 1.91. The molecule has 0 aliphatic heterocycles. The molecule has 106 valence electrons. The fraction of sp³-hybridized carbons (Fsp3) is 0.312. The Morgan fingerprint density at radius 2 is 2.10 bits per heavy atom. The molecular formula is C16H19FN2O. The second kappa shape index (κ2) is 6.37. The van der Waals surface area contributed by atoms with Crippen molar-refractivity contribution >= 4 is 5.82 Å². The number of aromatic nitrogens is 1. The topological polar surface area (TPSA) is 34.1 Å². The molecule has 0 saturated heterocycles. The molecule has 1 heterocycles. The predicted octanol–water partition coefficient (Wildman–Crippen LogP) is 4.10. The number of halogens is 1. The minimum absolute atomic E-state index is 0.0329. The monoisotopic (exact) mass is 274 g/mol. The van der Waals surface area contributed by atoms with Crippen molar-refractivity contribution in [2.75, 3.05) is 11.9 Å². The van der Waals surface area contributed by atoms with Crippen LogP contribution in [0.25, 0.3) is 0 Å². The van der Waals surface area contributed by atoms with Gasteiger partial charge in [0.05, 0.1) is 12.6 Å². The number of aryl methyl sites for hydroxylation is 1. The van der Waals surface area contributed by atoms with E-state index < -0.39 is 0 Å². The number of benzene rings is 1. The molecule has 0 bridgehead atoms. The van der Waals surface area contributed by atoms with E-state index in [0.29, 0.717) is 23.9 Å². The summed E-state index contributed by atoms with van der Waals surface area (Å²) >= 11 is 0. The Morgan fingerprint density at radius 1 is 1.30 bits per heavy atom. The fourth-order valence-corrected chi connectivity index (χ4v) is 1.91. The Bertz CT molecular complexity index is 586. The van der Waals surface area contributed by atoms with Crippen LogP contribution in [-0.4, -0.2) is 11.6 Å². The maximum Gasteiger partial charge on any atom is 0.215 e. The minimum atomic E-state index is -0.188. The van der Waals surface area contributed by atoms with E-state index in [1.165, 1.54) is 0 Å². The first-order valence-electron chi connectivity index (χ1n) is 6.72. The second-order valence-electron chi connectivity index (χ2n) is 4.67. The lowest BCUT2D eigenvalue weighted by atomic mass is 10.1. The number of hydrogen-bond acceptors (Lipinski definition) is 3. The van der Waals surface area contributed by atoms with Crippen molar-refractivity contribution in [2.45, 2.75) is 26.8 Å². The van der Waals surface area contributed by atoms with E-state index in [2.05, 4.69) is 10.3 Å². The summed E-state index contributed by atoms with van der Waals surface area (Å²) in [5.74, 6) is 1.11. The van der Waals surface area contributed by atoms with Crippen molar-refractivity contribution in [3.05, 3.63) is 53.3 Å². The minimum Gasteiger partial charge on any atom is -0.478 e. The quantitative estimate of drug-likeness (QED) is 0.891. The standard InChI is InChI=1S/C16H19FN2O/c1-4-20-16-7-5-6-15(19-16)18-12(3)13-9-8-11(2)14(17)10-13/h5-10,12H,4H2,1-3H3,(H,18,19). The lowest BCUT2D eigenvalue weighted by molar-refractivity contribution is 0.327. The maximum atomic E-state index is 13.6. The third-order valence-corrected chi connectivity index (χ3v) is 3.08. The average Bonchev–Trinajstić information content (AvgIpc) is 2.42. The smallest absolute Gasteiger partial charge is 0.215 e. The lowest BCUT2D eigenvalue weighted by Gasteiger charge is -2.16. The van der Waals surface area contributed by atoms with Crippen molar-refractivity contribution in [3.8, 4) is 5.88 Å². The SMILES string of the molecule is CCOc1cccc(NC(C)c2ccc(C)c(F)c2)n1. The Morgan fingerprint density at radius 3 is 2.80 bits per heavy atom. The number of nitrogens with one attached hydrogen (secondary N) is 1. The molecule has 4 heteroatoms. The van der Waals surface area contributed by atoms with Gasteiger partial charge in [0.25, 0.3) is 0 Å². The molecule has 1 aromatic carbocycles. The first kappa shape index (κ1) is 14.3. The van der Waals surface area contributed by atoms with Gasteiger partial charge in [0.15, 0.2) is 0 Å². The molecule has 20 heavy (non-hydrogen) atoms.